The molecule has 4 rings (SSSR count). The summed E-state index contributed by atoms with van der Waals surface area (Å²) < 4.78 is 25.4. The average Bonchev–Trinajstić information content (AvgIpc) is 2.83. The number of carboxylic acid groups (broad SMARTS) is 1. The van der Waals surface area contributed by atoms with Crippen LogP contribution in [0.5, 0.6) is 0 Å². The molecule has 0 aliphatic heterocycles. The molecule has 0 amide bonds. The molecule has 4 aromatic carbocycles. The van der Waals surface area contributed by atoms with Crippen LogP contribution in [0.3, 0.4) is 0 Å². The molecule has 1 N–H and O–H groups in total. The van der Waals surface area contributed by atoms with Gasteiger partial charge in [-0.25, -0.2) is 4.79 Å². The van der Waals surface area contributed by atoms with E-state index in [0.29, 0.717) is 10.9 Å². The minimum atomic E-state index is -3.99. The largest absolute Gasteiger partial charge is 1.00 e. The number of rotatable bonds is 9. The fourth-order valence-electron chi connectivity index (χ4n) is 4.41. The van der Waals surface area contributed by atoms with Crippen molar-refractivity contribution in [3.63, 3.8) is 0 Å². The summed E-state index contributed by atoms with van der Waals surface area (Å²) in [5.74, 6) is -1.22. The zero-order chi connectivity index (χ0) is 24.3. The van der Waals surface area contributed by atoms with Crippen molar-refractivity contribution in [3.8, 4) is 0 Å². The Morgan fingerprint density at radius 3 is 2.00 bits per heavy atom. The van der Waals surface area contributed by atoms with Crippen molar-refractivity contribution in [2.75, 3.05) is 13.2 Å². The number of benzene rings is 4. The normalized spacial score (nSPS) is 13.3. The number of carboxylic acids is 1. The number of aromatic carboxylic acids is 1. The maximum atomic E-state index is 14.2. The third-order valence-electron chi connectivity index (χ3n) is 5.84. The Hall–Kier alpha value is -2.42. The van der Waals surface area contributed by atoms with Gasteiger partial charge in [0.25, 0.3) is 0 Å². The van der Waals surface area contributed by atoms with E-state index in [0.717, 1.165) is 16.2 Å². The van der Waals surface area contributed by atoms with E-state index in [9.17, 15) is 19.6 Å². The van der Waals surface area contributed by atoms with Crippen LogP contribution < -0.4 is 24.0 Å². The van der Waals surface area contributed by atoms with E-state index >= 15 is 0 Å². The van der Waals surface area contributed by atoms with Gasteiger partial charge in [-0.1, -0.05) is 78.9 Å². The predicted molar refractivity (Wildman–Crippen MR) is 131 cm³/mol. The number of hydrogen-bond acceptors (Lipinski definition) is 5. The first-order valence-electron chi connectivity index (χ1n) is 11.2. The van der Waals surface area contributed by atoms with Crippen molar-refractivity contribution in [2.24, 2.45) is 0 Å². The summed E-state index contributed by atoms with van der Waals surface area (Å²) in [6.45, 7) is 3.53. The van der Waals surface area contributed by atoms with Crippen LogP contribution in [-0.2, 0) is 13.6 Å². The molecule has 4 aromatic rings. The molecule has 0 bridgehead atoms. The maximum Gasteiger partial charge on any atom is 1.00 e. The number of hydrogen-bond donors (Lipinski definition) is 1. The predicted octanol–water partition coefficient (Wildman–Crippen LogP) is 3.10. The summed E-state index contributed by atoms with van der Waals surface area (Å²) in [6, 6.07) is 23.2. The van der Waals surface area contributed by atoms with Crippen LogP contribution >= 0.6 is 7.60 Å². The first-order valence-corrected chi connectivity index (χ1v) is 12.8. The Bertz CT molecular complexity index is 1370. The van der Waals surface area contributed by atoms with Crippen LogP contribution in [0.4, 0.5) is 0 Å². The van der Waals surface area contributed by atoms with Gasteiger partial charge in [-0.15, -0.1) is 0 Å². The zero-order valence-electron chi connectivity index (χ0n) is 20.0. The maximum absolute atomic E-state index is 14.2. The molecule has 0 saturated carbocycles. The van der Waals surface area contributed by atoms with Crippen molar-refractivity contribution < 1.29 is 47.5 Å². The Morgan fingerprint density at radius 1 is 0.857 bits per heavy atom. The molecule has 2 atom stereocenters. The fraction of sp³-hybridized carbons (Fsp3) is 0.222. The van der Waals surface area contributed by atoms with Gasteiger partial charge < -0.3 is 19.3 Å². The van der Waals surface area contributed by atoms with Crippen molar-refractivity contribution in [1.29, 1.82) is 0 Å². The van der Waals surface area contributed by atoms with Gasteiger partial charge in [-0.2, -0.15) is 0 Å². The van der Waals surface area contributed by atoms with Crippen LogP contribution in [0, 0.1) is 0 Å². The van der Waals surface area contributed by atoms with E-state index in [1.54, 1.807) is 44.2 Å². The molecular weight excluding hydrogens is 458 g/mol. The molecule has 0 aromatic heterocycles. The topological polar surface area (TPSA) is 95.9 Å². The van der Waals surface area contributed by atoms with Gasteiger partial charge in [0, 0.05) is 0 Å². The van der Waals surface area contributed by atoms with E-state index in [-0.39, 0.29) is 43.2 Å². The monoisotopic (exact) mass is 484 g/mol. The van der Waals surface area contributed by atoms with Crippen LogP contribution in [0.2, 0.25) is 0 Å². The van der Waals surface area contributed by atoms with Crippen molar-refractivity contribution in [2.45, 2.75) is 25.6 Å². The SMILES string of the molecule is CCOP(=O)(OCC)C(c1cccc2ccccc12)C([O-])c1cc2ccccc2cc1C(=O)O.[Li+]. The fourth-order valence-corrected chi connectivity index (χ4v) is 6.59. The van der Waals surface area contributed by atoms with Crippen LogP contribution in [0.1, 0.15) is 47.1 Å². The minimum absolute atomic E-state index is 0. The third-order valence-corrected chi connectivity index (χ3v) is 8.31. The summed E-state index contributed by atoms with van der Waals surface area (Å²) in [7, 11) is -3.99. The van der Waals surface area contributed by atoms with Crippen molar-refractivity contribution >= 4 is 35.1 Å². The quantitative estimate of drug-likeness (QED) is 0.290. The smallest absolute Gasteiger partial charge is 0.848 e. The standard InChI is InChI=1S/C27H26O6P.Li/c1-3-32-34(31,33-4-2)26(22-15-9-13-18-10-7-8-14-21(18)22)25(28)23-16-19-11-5-6-12-20(19)17-24(23)27(29)30;/h5-17,25-26H,3-4H2,1-2H3,(H,29,30);/q-1;+1. The molecule has 0 fully saturated rings. The van der Waals surface area contributed by atoms with Gasteiger partial charge >= 0.3 is 32.4 Å². The molecule has 2 unspecified atom stereocenters. The first kappa shape index (κ1) is 27.2. The van der Waals surface area contributed by atoms with Gasteiger partial charge in [0.2, 0.25) is 0 Å². The average molecular weight is 484 g/mol. The third kappa shape index (κ3) is 5.39. The molecule has 0 heterocycles. The first-order chi connectivity index (χ1) is 16.4. The van der Waals surface area contributed by atoms with Gasteiger partial charge in [0.15, 0.2) is 0 Å². The second kappa shape index (κ2) is 11.5. The van der Waals surface area contributed by atoms with E-state index in [1.807, 2.05) is 42.5 Å². The molecule has 0 radical (unpaired) electrons. The molecule has 0 aliphatic rings. The molecule has 0 saturated heterocycles. The number of fused-ring (bicyclic) bond motifs is 2. The molecule has 0 aliphatic carbocycles. The summed E-state index contributed by atoms with van der Waals surface area (Å²) in [5, 5.41) is 27.2. The van der Waals surface area contributed by atoms with Gasteiger partial charge in [-0.05, 0) is 52.6 Å². The summed E-state index contributed by atoms with van der Waals surface area (Å²) in [4.78, 5) is 12.2. The second-order valence-electron chi connectivity index (χ2n) is 7.90. The molecule has 176 valence electrons. The molecular formula is C27H26LiO6P. The van der Waals surface area contributed by atoms with E-state index < -0.39 is 25.3 Å². The van der Waals surface area contributed by atoms with Gasteiger partial charge in [-0.3, -0.25) is 4.57 Å². The number of carbonyl (C=O) groups is 1. The summed E-state index contributed by atoms with van der Waals surface area (Å²) in [6.07, 6.45) is -1.72. The summed E-state index contributed by atoms with van der Waals surface area (Å²) in [5.41, 5.74) is -0.821. The van der Waals surface area contributed by atoms with Crippen LogP contribution in [0.15, 0.2) is 78.9 Å². The van der Waals surface area contributed by atoms with Gasteiger partial charge in [0.1, 0.15) is 0 Å². The van der Waals surface area contributed by atoms with Crippen molar-refractivity contribution in [1.82, 2.24) is 0 Å². The minimum Gasteiger partial charge on any atom is -0.848 e. The Morgan fingerprint density at radius 2 is 1.40 bits per heavy atom. The van der Waals surface area contributed by atoms with Crippen LogP contribution in [0.25, 0.3) is 21.5 Å². The van der Waals surface area contributed by atoms with E-state index in [4.69, 9.17) is 9.05 Å². The van der Waals surface area contributed by atoms with Crippen LogP contribution in [-0.4, -0.2) is 24.3 Å². The molecule has 8 heteroatoms. The Balaban J connectivity index is 0.00000342. The van der Waals surface area contributed by atoms with E-state index in [2.05, 4.69) is 0 Å². The Labute approximate surface area is 216 Å². The zero-order valence-corrected chi connectivity index (χ0v) is 20.9. The second-order valence-corrected chi connectivity index (χ2v) is 10.1. The van der Waals surface area contributed by atoms with Crippen molar-refractivity contribution in [3.05, 3.63) is 95.6 Å². The van der Waals surface area contributed by atoms with E-state index in [1.165, 1.54) is 6.07 Å². The molecule has 6 nitrogen and oxygen atoms in total. The molecule has 0 spiro atoms. The molecule has 35 heavy (non-hydrogen) atoms. The summed E-state index contributed by atoms with van der Waals surface area (Å²) >= 11 is 0. The Kier molecular flexibility index (Phi) is 8.96. The van der Waals surface area contributed by atoms with Gasteiger partial charge in [0.05, 0.1) is 24.4 Å².